The molecule has 1 aliphatic rings. The lowest BCUT2D eigenvalue weighted by atomic mass is 10.3. The molecule has 0 spiro atoms. The highest BCUT2D eigenvalue weighted by atomic mass is 16.2. The summed E-state index contributed by atoms with van der Waals surface area (Å²) in [5, 5.41) is 2.56. The fourth-order valence-electron chi connectivity index (χ4n) is 1.61. The minimum atomic E-state index is -0.610. The highest BCUT2D eigenvalue weighted by Crippen LogP contribution is 2.04. The number of nitrogens with one attached hydrogen (secondary N) is 1. The number of nitrogens with two attached hydrogens (primary N) is 1. The molecule has 0 aromatic carbocycles. The van der Waals surface area contributed by atoms with E-state index in [1.54, 1.807) is 0 Å². The molecule has 1 heterocycles. The van der Waals surface area contributed by atoms with Crippen LogP contribution in [0.4, 0.5) is 0 Å². The quantitative estimate of drug-likeness (QED) is 0.532. The first-order chi connectivity index (χ1) is 8.10. The van der Waals surface area contributed by atoms with Gasteiger partial charge in [-0.1, -0.05) is 0 Å². The predicted octanol–water partition coefficient (Wildman–Crippen LogP) is -2.25. The van der Waals surface area contributed by atoms with Gasteiger partial charge >= 0.3 is 11.8 Å². The summed E-state index contributed by atoms with van der Waals surface area (Å²) in [6.07, 6.45) is 0. The number of likely N-dealkylation sites (N-methyl/N-ethyl adjacent to an activating group) is 1. The molecule has 17 heavy (non-hydrogen) atoms. The number of carbonyl (C=O) groups is 3. The first-order valence-corrected chi connectivity index (χ1v) is 5.65. The first-order valence-electron chi connectivity index (χ1n) is 5.65. The Hall–Kier alpha value is -1.63. The fraction of sp³-hybridized carbons (Fsp3) is 0.700. The molecular weight excluding hydrogens is 224 g/mol. The van der Waals surface area contributed by atoms with Gasteiger partial charge in [0.2, 0.25) is 5.91 Å². The van der Waals surface area contributed by atoms with Crippen molar-refractivity contribution in [2.45, 2.75) is 6.92 Å². The lowest BCUT2D eigenvalue weighted by Crippen LogP contribution is -2.56. The van der Waals surface area contributed by atoms with Crippen LogP contribution in [0.3, 0.4) is 0 Å². The van der Waals surface area contributed by atoms with E-state index in [0.29, 0.717) is 32.7 Å². The van der Waals surface area contributed by atoms with E-state index in [1.165, 1.54) is 9.80 Å². The molecular formula is C10H18N4O3. The minimum absolute atomic E-state index is 0.0812. The van der Waals surface area contributed by atoms with Gasteiger partial charge in [0.15, 0.2) is 0 Å². The minimum Gasteiger partial charge on any atom is -0.353 e. The van der Waals surface area contributed by atoms with Crippen LogP contribution in [0.15, 0.2) is 0 Å². The number of nitrogens with zero attached hydrogens (tertiary/aromatic N) is 2. The van der Waals surface area contributed by atoms with Gasteiger partial charge in [-0.05, 0) is 6.92 Å². The van der Waals surface area contributed by atoms with Gasteiger partial charge in [-0.15, -0.1) is 0 Å². The molecule has 0 unspecified atom stereocenters. The zero-order valence-electron chi connectivity index (χ0n) is 9.94. The molecule has 1 rings (SSSR count). The zero-order chi connectivity index (χ0) is 12.8. The molecule has 1 aliphatic heterocycles. The van der Waals surface area contributed by atoms with Gasteiger partial charge in [0, 0.05) is 32.7 Å². The van der Waals surface area contributed by atoms with Crippen molar-refractivity contribution in [3.63, 3.8) is 0 Å². The van der Waals surface area contributed by atoms with Crippen LogP contribution in [0, 0.1) is 0 Å². The third kappa shape index (κ3) is 3.42. The average Bonchev–Trinajstić information content (AvgIpc) is 2.33. The Morgan fingerprint density at radius 3 is 2.47 bits per heavy atom. The zero-order valence-corrected chi connectivity index (χ0v) is 9.94. The molecule has 7 heteroatoms. The number of hydrogen-bond donors (Lipinski definition) is 2. The number of hydrogen-bond acceptors (Lipinski definition) is 4. The molecule has 0 aliphatic carbocycles. The van der Waals surface area contributed by atoms with Crippen molar-refractivity contribution in [1.29, 1.82) is 0 Å². The van der Waals surface area contributed by atoms with Crippen molar-refractivity contribution in [2.24, 2.45) is 5.73 Å². The summed E-state index contributed by atoms with van der Waals surface area (Å²) < 4.78 is 0. The molecule has 3 N–H and O–H groups in total. The van der Waals surface area contributed by atoms with Gasteiger partial charge in [-0.3, -0.25) is 14.4 Å². The van der Waals surface area contributed by atoms with Crippen LogP contribution in [0.1, 0.15) is 6.92 Å². The van der Waals surface area contributed by atoms with Gasteiger partial charge in [0.1, 0.15) is 6.54 Å². The number of rotatable bonds is 5. The van der Waals surface area contributed by atoms with Crippen LogP contribution in [0.25, 0.3) is 0 Å². The Labute approximate surface area is 99.9 Å². The molecule has 0 aromatic heterocycles. The van der Waals surface area contributed by atoms with Crippen LogP contribution in [-0.2, 0) is 14.4 Å². The third-order valence-corrected chi connectivity index (χ3v) is 2.58. The van der Waals surface area contributed by atoms with Gasteiger partial charge in [-0.25, -0.2) is 0 Å². The Morgan fingerprint density at radius 2 is 1.88 bits per heavy atom. The summed E-state index contributed by atoms with van der Waals surface area (Å²) in [5.74, 6) is -1.44. The number of amides is 3. The molecule has 1 saturated heterocycles. The van der Waals surface area contributed by atoms with E-state index in [9.17, 15) is 14.4 Å². The SMILES string of the molecule is CCN1CCN(CC(=O)NCCN)C(=O)C1=O. The highest BCUT2D eigenvalue weighted by Gasteiger charge is 2.32. The second-order valence-corrected chi connectivity index (χ2v) is 3.75. The molecule has 0 radical (unpaired) electrons. The monoisotopic (exact) mass is 242 g/mol. The van der Waals surface area contributed by atoms with Crippen LogP contribution in [0.2, 0.25) is 0 Å². The summed E-state index contributed by atoms with van der Waals surface area (Å²) in [7, 11) is 0. The standard InChI is InChI=1S/C10H18N4O3/c1-2-13-5-6-14(10(17)9(13)16)7-8(15)12-4-3-11/h2-7,11H2,1H3,(H,12,15). The highest BCUT2D eigenvalue weighted by molar-refractivity contribution is 6.35. The number of carbonyl (C=O) groups excluding carboxylic acids is 3. The maximum Gasteiger partial charge on any atom is 0.312 e. The summed E-state index contributed by atoms with van der Waals surface area (Å²) in [6.45, 7) is 3.84. The summed E-state index contributed by atoms with van der Waals surface area (Å²) in [4.78, 5) is 37.3. The van der Waals surface area contributed by atoms with Gasteiger partial charge in [0.25, 0.3) is 0 Å². The normalized spacial score (nSPS) is 16.4. The van der Waals surface area contributed by atoms with Crippen molar-refractivity contribution in [1.82, 2.24) is 15.1 Å². The maximum absolute atomic E-state index is 11.6. The molecule has 0 atom stereocenters. The second kappa shape index (κ2) is 6.19. The van der Waals surface area contributed by atoms with Gasteiger partial charge in [0.05, 0.1) is 0 Å². The van der Waals surface area contributed by atoms with E-state index >= 15 is 0 Å². The molecule has 96 valence electrons. The number of piperazine rings is 1. The Morgan fingerprint density at radius 1 is 1.29 bits per heavy atom. The average molecular weight is 242 g/mol. The van der Waals surface area contributed by atoms with E-state index in [2.05, 4.69) is 5.32 Å². The van der Waals surface area contributed by atoms with Crippen molar-refractivity contribution in [3.05, 3.63) is 0 Å². The molecule has 3 amide bonds. The van der Waals surface area contributed by atoms with Crippen molar-refractivity contribution in [2.75, 3.05) is 39.3 Å². The molecule has 7 nitrogen and oxygen atoms in total. The Kier molecular flexibility index (Phi) is 4.89. The molecule has 0 aromatic rings. The predicted molar refractivity (Wildman–Crippen MR) is 60.9 cm³/mol. The van der Waals surface area contributed by atoms with Crippen LogP contribution in [0.5, 0.6) is 0 Å². The fourth-order valence-corrected chi connectivity index (χ4v) is 1.61. The van der Waals surface area contributed by atoms with Crippen LogP contribution in [-0.4, -0.2) is 66.8 Å². The van der Waals surface area contributed by atoms with E-state index in [-0.39, 0.29) is 12.5 Å². The summed E-state index contributed by atoms with van der Waals surface area (Å²) >= 11 is 0. The second-order valence-electron chi connectivity index (χ2n) is 3.75. The molecule has 1 fully saturated rings. The first kappa shape index (κ1) is 13.4. The summed E-state index contributed by atoms with van der Waals surface area (Å²) in [6, 6.07) is 0. The lowest BCUT2D eigenvalue weighted by Gasteiger charge is -2.32. The Balaban J connectivity index is 2.48. The van der Waals surface area contributed by atoms with E-state index < -0.39 is 11.8 Å². The lowest BCUT2D eigenvalue weighted by molar-refractivity contribution is -0.156. The van der Waals surface area contributed by atoms with Crippen molar-refractivity contribution >= 4 is 17.7 Å². The Bertz CT molecular complexity index is 319. The van der Waals surface area contributed by atoms with Gasteiger partial charge < -0.3 is 20.9 Å². The van der Waals surface area contributed by atoms with E-state index in [4.69, 9.17) is 5.73 Å². The third-order valence-electron chi connectivity index (χ3n) is 2.58. The van der Waals surface area contributed by atoms with Gasteiger partial charge in [-0.2, -0.15) is 0 Å². The largest absolute Gasteiger partial charge is 0.353 e. The maximum atomic E-state index is 11.6. The van der Waals surface area contributed by atoms with Crippen LogP contribution < -0.4 is 11.1 Å². The van der Waals surface area contributed by atoms with E-state index in [1.807, 2.05) is 6.92 Å². The van der Waals surface area contributed by atoms with Crippen LogP contribution >= 0.6 is 0 Å². The summed E-state index contributed by atoms with van der Waals surface area (Å²) in [5.41, 5.74) is 5.24. The topological polar surface area (TPSA) is 95.7 Å². The van der Waals surface area contributed by atoms with E-state index in [0.717, 1.165) is 0 Å². The molecule has 0 saturated carbocycles. The van der Waals surface area contributed by atoms with Crippen molar-refractivity contribution < 1.29 is 14.4 Å². The smallest absolute Gasteiger partial charge is 0.312 e. The van der Waals surface area contributed by atoms with Crippen molar-refractivity contribution in [3.8, 4) is 0 Å². The molecule has 0 bridgehead atoms.